The zero-order valence-corrected chi connectivity index (χ0v) is 17.3. The van der Waals surface area contributed by atoms with Crippen LogP contribution >= 0.6 is 0 Å². The van der Waals surface area contributed by atoms with E-state index in [1.807, 2.05) is 24.3 Å². The molecule has 3 N–H and O–H groups in total. The Morgan fingerprint density at radius 2 is 1.97 bits per heavy atom. The first kappa shape index (κ1) is 21.4. The zero-order chi connectivity index (χ0) is 21.7. The van der Waals surface area contributed by atoms with Gasteiger partial charge in [-0.1, -0.05) is 38.1 Å². The highest BCUT2D eigenvalue weighted by atomic mass is 16.5. The fourth-order valence-corrected chi connectivity index (χ4v) is 3.38. The average Bonchev–Trinajstić information content (AvgIpc) is 3.11. The number of anilines is 2. The number of nitrogens with zero attached hydrogens (tertiary/aromatic N) is 1. The number of para-hydroxylation sites is 2. The van der Waals surface area contributed by atoms with Gasteiger partial charge in [0, 0.05) is 18.7 Å². The summed E-state index contributed by atoms with van der Waals surface area (Å²) in [5.74, 6) is -0.411. The minimum Gasteiger partial charge on any atom is -0.491 e. The lowest BCUT2D eigenvalue weighted by atomic mass is 10.0. The Bertz CT molecular complexity index is 942. The van der Waals surface area contributed by atoms with Crippen molar-refractivity contribution in [2.24, 2.45) is 11.7 Å². The molecule has 0 aliphatic carbocycles. The highest BCUT2D eigenvalue weighted by Gasteiger charge is 2.35. The number of ether oxygens (including phenoxy) is 1. The van der Waals surface area contributed by atoms with Gasteiger partial charge < -0.3 is 20.7 Å². The third-order valence-electron chi connectivity index (χ3n) is 5.10. The van der Waals surface area contributed by atoms with Gasteiger partial charge in [-0.2, -0.15) is 0 Å². The minimum atomic E-state index is -0.459. The van der Waals surface area contributed by atoms with Crippen LogP contribution < -0.4 is 20.7 Å². The molecule has 1 aliphatic heterocycles. The van der Waals surface area contributed by atoms with Crippen LogP contribution in [0.15, 0.2) is 48.5 Å². The molecule has 30 heavy (non-hydrogen) atoms. The monoisotopic (exact) mass is 409 g/mol. The van der Waals surface area contributed by atoms with Gasteiger partial charge in [0.15, 0.2) is 0 Å². The highest BCUT2D eigenvalue weighted by molar-refractivity contribution is 6.04. The summed E-state index contributed by atoms with van der Waals surface area (Å²) in [4.78, 5) is 38.0. The van der Waals surface area contributed by atoms with E-state index in [0.717, 1.165) is 11.3 Å². The lowest BCUT2D eigenvalue weighted by Gasteiger charge is -2.19. The van der Waals surface area contributed by atoms with E-state index in [1.54, 1.807) is 29.2 Å². The molecular weight excluding hydrogens is 382 g/mol. The van der Waals surface area contributed by atoms with Crippen molar-refractivity contribution >= 4 is 29.1 Å². The van der Waals surface area contributed by atoms with Gasteiger partial charge in [-0.25, -0.2) is 0 Å². The predicted molar refractivity (Wildman–Crippen MR) is 115 cm³/mol. The van der Waals surface area contributed by atoms with Crippen molar-refractivity contribution < 1.29 is 19.1 Å². The molecular formula is C23H27N3O4. The summed E-state index contributed by atoms with van der Waals surface area (Å²) < 4.78 is 5.57. The molecule has 7 nitrogen and oxygen atoms in total. The molecule has 0 aromatic heterocycles. The summed E-state index contributed by atoms with van der Waals surface area (Å²) in [6, 6.07) is 14.9. The Kier molecular flexibility index (Phi) is 6.72. The average molecular weight is 409 g/mol. The number of nitrogens with two attached hydrogens (primary N) is 1. The molecule has 2 aromatic rings. The maximum absolute atomic E-state index is 12.8. The van der Waals surface area contributed by atoms with E-state index in [2.05, 4.69) is 19.2 Å². The lowest BCUT2D eigenvalue weighted by Crippen LogP contribution is -2.28. The number of carbonyl (C=O) groups is 3. The molecule has 1 unspecified atom stereocenters. The fraction of sp³-hybridized carbons (Fsp3) is 0.348. The second kappa shape index (κ2) is 9.43. The van der Waals surface area contributed by atoms with Crippen molar-refractivity contribution in [2.75, 3.05) is 23.4 Å². The van der Waals surface area contributed by atoms with Gasteiger partial charge in [-0.05, 0) is 35.7 Å². The third kappa shape index (κ3) is 5.17. The fourth-order valence-electron chi connectivity index (χ4n) is 3.38. The van der Waals surface area contributed by atoms with Crippen LogP contribution in [0.25, 0.3) is 0 Å². The number of primary amides is 1. The number of hydrogen-bond donors (Lipinski definition) is 2. The molecule has 158 valence electrons. The highest BCUT2D eigenvalue weighted by Crippen LogP contribution is 2.30. The second-order valence-corrected chi connectivity index (χ2v) is 7.71. The molecule has 2 aromatic carbocycles. The molecule has 0 spiro atoms. The van der Waals surface area contributed by atoms with Gasteiger partial charge in [0.1, 0.15) is 5.75 Å². The van der Waals surface area contributed by atoms with Crippen molar-refractivity contribution in [2.45, 2.75) is 32.6 Å². The molecule has 1 saturated heterocycles. The van der Waals surface area contributed by atoms with Gasteiger partial charge >= 0.3 is 0 Å². The lowest BCUT2D eigenvalue weighted by molar-refractivity contribution is -0.122. The number of hydrogen-bond acceptors (Lipinski definition) is 4. The van der Waals surface area contributed by atoms with Crippen LogP contribution in [0.4, 0.5) is 11.4 Å². The first-order chi connectivity index (χ1) is 14.3. The molecule has 0 radical (unpaired) electrons. The quantitative estimate of drug-likeness (QED) is 0.699. The number of benzene rings is 2. The largest absolute Gasteiger partial charge is 0.491 e. The van der Waals surface area contributed by atoms with E-state index in [0.29, 0.717) is 23.9 Å². The van der Waals surface area contributed by atoms with E-state index in [-0.39, 0.29) is 31.3 Å². The van der Waals surface area contributed by atoms with Crippen molar-refractivity contribution in [3.05, 3.63) is 54.1 Å². The van der Waals surface area contributed by atoms with Gasteiger partial charge in [-0.15, -0.1) is 0 Å². The van der Waals surface area contributed by atoms with Gasteiger partial charge in [-0.3, -0.25) is 14.4 Å². The summed E-state index contributed by atoms with van der Waals surface area (Å²) in [5.41, 5.74) is 7.60. The Morgan fingerprint density at radius 3 is 2.70 bits per heavy atom. The summed E-state index contributed by atoms with van der Waals surface area (Å²) in [6.45, 7) is 4.66. The van der Waals surface area contributed by atoms with Crippen molar-refractivity contribution in [1.82, 2.24) is 0 Å². The molecule has 0 bridgehead atoms. The topological polar surface area (TPSA) is 102 Å². The summed E-state index contributed by atoms with van der Waals surface area (Å²) in [5, 5.41) is 2.85. The molecule has 1 atom stereocenters. The van der Waals surface area contributed by atoms with Gasteiger partial charge in [0.25, 0.3) is 0 Å². The van der Waals surface area contributed by atoms with Crippen LogP contribution in [-0.4, -0.2) is 30.9 Å². The molecule has 1 fully saturated rings. The Morgan fingerprint density at radius 1 is 1.20 bits per heavy atom. The molecule has 3 amide bonds. The number of amides is 3. The Hall–Kier alpha value is -3.35. The van der Waals surface area contributed by atoms with Crippen LogP contribution in [0.3, 0.4) is 0 Å². The maximum Gasteiger partial charge on any atom is 0.229 e. The van der Waals surface area contributed by atoms with E-state index < -0.39 is 11.8 Å². The smallest absolute Gasteiger partial charge is 0.229 e. The molecule has 1 heterocycles. The van der Waals surface area contributed by atoms with Crippen LogP contribution in [0.2, 0.25) is 0 Å². The maximum atomic E-state index is 12.8. The Labute approximate surface area is 176 Å². The number of carbonyl (C=O) groups excluding carboxylic acids is 3. The van der Waals surface area contributed by atoms with Crippen LogP contribution in [0.1, 0.15) is 38.2 Å². The van der Waals surface area contributed by atoms with E-state index in [1.165, 1.54) is 0 Å². The van der Waals surface area contributed by atoms with Gasteiger partial charge in [0.2, 0.25) is 17.7 Å². The van der Waals surface area contributed by atoms with E-state index in [9.17, 15) is 14.4 Å². The SMILES string of the molecule is CC(C)c1cccc(N2CC(C(=O)Nc3ccccc3OCCC(N)=O)CC2=O)c1. The predicted octanol–water partition coefficient (Wildman–Crippen LogP) is 3.06. The van der Waals surface area contributed by atoms with Crippen molar-refractivity contribution in [1.29, 1.82) is 0 Å². The standard InChI is InChI=1S/C23H27N3O4/c1-15(2)16-6-5-7-18(12-16)26-14-17(13-22(26)28)23(29)25-19-8-3-4-9-20(19)30-11-10-21(24)27/h3-9,12,15,17H,10-11,13-14H2,1-2H3,(H2,24,27)(H,25,29). The van der Waals surface area contributed by atoms with Crippen molar-refractivity contribution in [3.8, 4) is 5.75 Å². The minimum absolute atomic E-state index is 0.0675. The molecule has 1 aliphatic rings. The first-order valence-electron chi connectivity index (χ1n) is 10.1. The number of rotatable bonds is 8. The third-order valence-corrected chi connectivity index (χ3v) is 5.10. The zero-order valence-electron chi connectivity index (χ0n) is 17.3. The van der Waals surface area contributed by atoms with Crippen molar-refractivity contribution in [3.63, 3.8) is 0 Å². The first-order valence-corrected chi connectivity index (χ1v) is 10.1. The van der Waals surface area contributed by atoms with E-state index in [4.69, 9.17) is 10.5 Å². The van der Waals surface area contributed by atoms with Crippen LogP contribution in [0, 0.1) is 5.92 Å². The van der Waals surface area contributed by atoms with E-state index >= 15 is 0 Å². The Balaban J connectivity index is 1.67. The van der Waals surface area contributed by atoms with Crippen LogP contribution in [0.5, 0.6) is 5.75 Å². The number of nitrogens with one attached hydrogen (secondary N) is 1. The summed E-state index contributed by atoms with van der Waals surface area (Å²) >= 11 is 0. The molecule has 0 saturated carbocycles. The summed E-state index contributed by atoms with van der Waals surface area (Å²) in [6.07, 6.45) is 0.242. The van der Waals surface area contributed by atoms with Crippen LogP contribution in [-0.2, 0) is 14.4 Å². The molecule has 3 rings (SSSR count). The summed E-state index contributed by atoms with van der Waals surface area (Å²) in [7, 11) is 0. The normalized spacial score (nSPS) is 16.0. The second-order valence-electron chi connectivity index (χ2n) is 7.71. The molecule has 7 heteroatoms. The van der Waals surface area contributed by atoms with Gasteiger partial charge in [0.05, 0.1) is 24.6 Å².